The zero-order valence-corrected chi connectivity index (χ0v) is 8.66. The highest BCUT2D eigenvalue weighted by molar-refractivity contribution is 5.73. The van der Waals surface area contributed by atoms with Crippen LogP contribution in [0.5, 0.6) is 0 Å². The minimum absolute atomic E-state index is 0.00199. The van der Waals surface area contributed by atoms with Crippen LogP contribution in [-0.2, 0) is 14.3 Å². The van der Waals surface area contributed by atoms with E-state index in [-0.39, 0.29) is 24.5 Å². The number of amides is 1. The summed E-state index contributed by atoms with van der Waals surface area (Å²) in [6.07, 6.45) is 0. The highest BCUT2D eigenvalue weighted by atomic mass is 16.5. The molecule has 0 aromatic carbocycles. The molecule has 0 aliphatic heterocycles. The number of carbonyl (C=O) groups is 2. The first-order valence-electron chi connectivity index (χ1n) is 4.35. The summed E-state index contributed by atoms with van der Waals surface area (Å²) >= 11 is 0. The topological polar surface area (TPSA) is 46.6 Å². The van der Waals surface area contributed by atoms with Crippen LogP contribution >= 0.6 is 0 Å². The molecular formula is C9H17NO3. The summed E-state index contributed by atoms with van der Waals surface area (Å²) in [5, 5.41) is 0. The lowest BCUT2D eigenvalue weighted by atomic mass is 10.3. The first kappa shape index (κ1) is 11.9. The molecule has 0 heterocycles. The van der Waals surface area contributed by atoms with E-state index in [1.165, 1.54) is 13.8 Å². The Morgan fingerprint density at radius 2 is 1.85 bits per heavy atom. The average molecular weight is 187 g/mol. The molecule has 0 spiro atoms. The van der Waals surface area contributed by atoms with Gasteiger partial charge in [0.2, 0.25) is 5.91 Å². The standard InChI is InChI=1S/C9H17NO3/c1-7(2)10(8(3)11)5-6-13-9(4)12/h7H,5-6H2,1-4H3. The van der Waals surface area contributed by atoms with E-state index in [0.29, 0.717) is 6.54 Å². The van der Waals surface area contributed by atoms with Crippen LogP contribution in [0, 0.1) is 0 Å². The van der Waals surface area contributed by atoms with Crippen molar-refractivity contribution in [2.45, 2.75) is 33.7 Å². The summed E-state index contributed by atoms with van der Waals surface area (Å²) in [6, 6.07) is 0.146. The summed E-state index contributed by atoms with van der Waals surface area (Å²) in [5.41, 5.74) is 0. The number of hydrogen-bond donors (Lipinski definition) is 0. The van der Waals surface area contributed by atoms with Crippen molar-refractivity contribution in [3.05, 3.63) is 0 Å². The fourth-order valence-corrected chi connectivity index (χ4v) is 1.07. The number of hydrogen-bond acceptors (Lipinski definition) is 3. The van der Waals surface area contributed by atoms with E-state index in [1.807, 2.05) is 13.8 Å². The lowest BCUT2D eigenvalue weighted by molar-refractivity contribution is -0.143. The molecule has 0 N–H and O–H groups in total. The Balaban J connectivity index is 3.84. The van der Waals surface area contributed by atoms with Crippen molar-refractivity contribution >= 4 is 11.9 Å². The summed E-state index contributed by atoms with van der Waals surface area (Å²) in [7, 11) is 0. The highest BCUT2D eigenvalue weighted by Crippen LogP contribution is 1.98. The lowest BCUT2D eigenvalue weighted by Crippen LogP contribution is -2.37. The molecule has 0 aromatic rings. The van der Waals surface area contributed by atoms with E-state index in [4.69, 9.17) is 4.74 Å². The zero-order valence-electron chi connectivity index (χ0n) is 8.66. The molecule has 4 heteroatoms. The van der Waals surface area contributed by atoms with Crippen LogP contribution in [0.4, 0.5) is 0 Å². The molecule has 4 nitrogen and oxygen atoms in total. The monoisotopic (exact) mass is 187 g/mol. The number of nitrogens with zero attached hydrogens (tertiary/aromatic N) is 1. The fourth-order valence-electron chi connectivity index (χ4n) is 1.07. The Hall–Kier alpha value is -1.06. The maximum atomic E-state index is 11.0. The molecule has 0 aromatic heterocycles. The predicted molar refractivity (Wildman–Crippen MR) is 49.2 cm³/mol. The molecule has 0 saturated carbocycles. The van der Waals surface area contributed by atoms with Crippen LogP contribution in [0.25, 0.3) is 0 Å². The van der Waals surface area contributed by atoms with Gasteiger partial charge in [-0.25, -0.2) is 0 Å². The van der Waals surface area contributed by atoms with Gasteiger partial charge in [0.1, 0.15) is 6.61 Å². The largest absolute Gasteiger partial charge is 0.464 e. The van der Waals surface area contributed by atoms with Crippen molar-refractivity contribution in [1.82, 2.24) is 4.90 Å². The minimum Gasteiger partial charge on any atom is -0.464 e. The Bertz CT molecular complexity index is 189. The maximum absolute atomic E-state index is 11.0. The van der Waals surface area contributed by atoms with Crippen molar-refractivity contribution in [3.63, 3.8) is 0 Å². The molecule has 0 saturated heterocycles. The Kier molecular flexibility index (Phi) is 5.11. The molecule has 0 aliphatic rings. The molecular weight excluding hydrogens is 170 g/mol. The molecule has 13 heavy (non-hydrogen) atoms. The van der Waals surface area contributed by atoms with E-state index in [1.54, 1.807) is 4.90 Å². The van der Waals surface area contributed by atoms with Crippen molar-refractivity contribution in [2.75, 3.05) is 13.2 Å². The first-order chi connectivity index (χ1) is 5.95. The Morgan fingerprint density at radius 1 is 1.31 bits per heavy atom. The van der Waals surface area contributed by atoms with Gasteiger partial charge in [-0.1, -0.05) is 0 Å². The smallest absolute Gasteiger partial charge is 0.302 e. The van der Waals surface area contributed by atoms with Crippen LogP contribution in [0.3, 0.4) is 0 Å². The second-order valence-electron chi connectivity index (χ2n) is 3.15. The third-order valence-corrected chi connectivity index (χ3v) is 1.67. The van der Waals surface area contributed by atoms with Crippen molar-refractivity contribution in [2.24, 2.45) is 0 Å². The Morgan fingerprint density at radius 3 is 2.15 bits per heavy atom. The van der Waals surface area contributed by atoms with E-state index in [9.17, 15) is 9.59 Å². The number of ether oxygens (including phenoxy) is 1. The third-order valence-electron chi connectivity index (χ3n) is 1.67. The van der Waals surface area contributed by atoms with Gasteiger partial charge in [0.05, 0.1) is 6.54 Å². The van der Waals surface area contributed by atoms with Gasteiger partial charge < -0.3 is 9.64 Å². The van der Waals surface area contributed by atoms with Crippen LogP contribution in [0.1, 0.15) is 27.7 Å². The maximum Gasteiger partial charge on any atom is 0.302 e. The van der Waals surface area contributed by atoms with E-state index in [2.05, 4.69) is 0 Å². The van der Waals surface area contributed by atoms with Crippen LogP contribution in [0.15, 0.2) is 0 Å². The third kappa shape index (κ3) is 5.22. The number of rotatable bonds is 4. The highest BCUT2D eigenvalue weighted by Gasteiger charge is 2.11. The van der Waals surface area contributed by atoms with Gasteiger partial charge >= 0.3 is 5.97 Å². The normalized spacial score (nSPS) is 9.92. The van der Waals surface area contributed by atoms with Crippen LogP contribution in [0.2, 0.25) is 0 Å². The van der Waals surface area contributed by atoms with Crippen LogP contribution < -0.4 is 0 Å². The zero-order chi connectivity index (χ0) is 10.4. The number of esters is 1. The molecule has 0 fully saturated rings. The average Bonchev–Trinajstić information content (AvgIpc) is 1.95. The van der Waals surface area contributed by atoms with Crippen molar-refractivity contribution in [1.29, 1.82) is 0 Å². The molecule has 0 radical (unpaired) electrons. The van der Waals surface area contributed by atoms with E-state index >= 15 is 0 Å². The second kappa shape index (κ2) is 5.56. The van der Waals surface area contributed by atoms with Gasteiger partial charge in [0.15, 0.2) is 0 Å². The first-order valence-corrected chi connectivity index (χ1v) is 4.35. The molecule has 0 bridgehead atoms. The summed E-state index contributed by atoms with van der Waals surface area (Å²) in [5.74, 6) is -0.311. The SMILES string of the molecule is CC(=O)OCCN(C(C)=O)C(C)C. The fraction of sp³-hybridized carbons (Fsp3) is 0.778. The van der Waals surface area contributed by atoms with Gasteiger partial charge in [-0.05, 0) is 13.8 Å². The van der Waals surface area contributed by atoms with E-state index < -0.39 is 0 Å². The molecule has 0 rings (SSSR count). The minimum atomic E-state index is -0.313. The van der Waals surface area contributed by atoms with Crippen molar-refractivity contribution < 1.29 is 14.3 Å². The molecule has 0 unspecified atom stereocenters. The quantitative estimate of drug-likeness (QED) is 0.612. The van der Waals surface area contributed by atoms with E-state index in [0.717, 1.165) is 0 Å². The molecule has 0 aliphatic carbocycles. The van der Waals surface area contributed by atoms with Crippen molar-refractivity contribution in [3.8, 4) is 0 Å². The van der Waals surface area contributed by atoms with Gasteiger partial charge in [0, 0.05) is 19.9 Å². The number of carbonyl (C=O) groups excluding carboxylic acids is 2. The lowest BCUT2D eigenvalue weighted by Gasteiger charge is -2.24. The summed E-state index contributed by atoms with van der Waals surface area (Å²) < 4.78 is 4.74. The predicted octanol–water partition coefficient (Wildman–Crippen LogP) is 0.806. The Labute approximate surface area is 78.9 Å². The van der Waals surface area contributed by atoms with Crippen LogP contribution in [-0.4, -0.2) is 36.0 Å². The van der Waals surface area contributed by atoms with Gasteiger partial charge in [-0.15, -0.1) is 0 Å². The molecule has 1 amide bonds. The molecule has 76 valence electrons. The van der Waals surface area contributed by atoms with Gasteiger partial charge in [-0.3, -0.25) is 9.59 Å². The van der Waals surface area contributed by atoms with Gasteiger partial charge in [0.25, 0.3) is 0 Å². The summed E-state index contributed by atoms with van der Waals surface area (Å²) in [6.45, 7) is 7.45. The van der Waals surface area contributed by atoms with Gasteiger partial charge in [-0.2, -0.15) is 0 Å². The second-order valence-corrected chi connectivity index (χ2v) is 3.15. The summed E-state index contributed by atoms with van der Waals surface area (Å²) in [4.78, 5) is 23.1. The molecule has 0 atom stereocenters.